The van der Waals surface area contributed by atoms with Crippen LogP contribution in [0.5, 0.6) is 0 Å². The number of nitriles is 1. The Bertz CT molecular complexity index is 906. The number of benzene rings is 2. The Morgan fingerprint density at radius 2 is 1.80 bits per heavy atom. The first-order valence-corrected chi connectivity index (χ1v) is 10.6. The van der Waals surface area contributed by atoms with Crippen LogP contribution in [0.2, 0.25) is 0 Å². The van der Waals surface area contributed by atoms with Crippen LogP contribution in [0, 0.1) is 18.3 Å². The summed E-state index contributed by atoms with van der Waals surface area (Å²) in [6.45, 7) is 10.3. The van der Waals surface area contributed by atoms with E-state index in [-0.39, 0.29) is 5.57 Å². The van der Waals surface area contributed by atoms with E-state index in [1.165, 1.54) is 11.8 Å². The summed E-state index contributed by atoms with van der Waals surface area (Å²) >= 11 is 0. The second-order valence-corrected chi connectivity index (χ2v) is 7.24. The number of anilines is 3. The number of hydrogen-bond acceptors (Lipinski definition) is 4. The molecular formula is C25H32N4O. The van der Waals surface area contributed by atoms with Gasteiger partial charge < -0.3 is 15.5 Å². The molecular weight excluding hydrogens is 372 g/mol. The highest BCUT2D eigenvalue weighted by Crippen LogP contribution is 2.23. The summed E-state index contributed by atoms with van der Waals surface area (Å²) in [4.78, 5) is 14.8. The molecule has 0 saturated heterocycles. The predicted molar refractivity (Wildman–Crippen MR) is 126 cm³/mol. The summed E-state index contributed by atoms with van der Waals surface area (Å²) in [6, 6.07) is 15.9. The van der Waals surface area contributed by atoms with Gasteiger partial charge in [-0.25, -0.2) is 0 Å². The molecule has 0 saturated carbocycles. The third-order valence-corrected chi connectivity index (χ3v) is 5.11. The Kier molecular flexibility index (Phi) is 8.96. The molecule has 2 N–H and O–H groups in total. The van der Waals surface area contributed by atoms with E-state index in [9.17, 15) is 10.1 Å². The first-order chi connectivity index (χ1) is 14.5. The van der Waals surface area contributed by atoms with E-state index >= 15 is 0 Å². The summed E-state index contributed by atoms with van der Waals surface area (Å²) in [7, 11) is 0. The lowest BCUT2D eigenvalue weighted by molar-refractivity contribution is -0.112. The molecule has 0 fully saturated rings. The number of rotatable bonds is 10. The van der Waals surface area contributed by atoms with Crippen LogP contribution in [0.3, 0.4) is 0 Å². The normalized spacial score (nSPS) is 11.0. The molecule has 2 aromatic carbocycles. The molecule has 0 spiro atoms. The van der Waals surface area contributed by atoms with E-state index in [4.69, 9.17) is 0 Å². The van der Waals surface area contributed by atoms with Gasteiger partial charge in [-0.3, -0.25) is 4.79 Å². The summed E-state index contributed by atoms with van der Waals surface area (Å²) < 4.78 is 0. The third-order valence-electron chi connectivity index (χ3n) is 5.11. The summed E-state index contributed by atoms with van der Waals surface area (Å²) in [5, 5.41) is 15.3. The number of carbonyl (C=O) groups is 1. The summed E-state index contributed by atoms with van der Waals surface area (Å²) in [5.74, 6) is -0.427. The fourth-order valence-electron chi connectivity index (χ4n) is 3.23. The molecule has 5 nitrogen and oxygen atoms in total. The van der Waals surface area contributed by atoms with Gasteiger partial charge in [0.25, 0.3) is 5.91 Å². The number of aryl methyl sites for hydroxylation is 2. The van der Waals surface area contributed by atoms with Gasteiger partial charge in [0.15, 0.2) is 0 Å². The molecule has 2 rings (SSSR count). The van der Waals surface area contributed by atoms with Crippen molar-refractivity contribution in [3.63, 3.8) is 0 Å². The quantitative estimate of drug-likeness (QED) is 0.397. The van der Waals surface area contributed by atoms with Crippen LogP contribution >= 0.6 is 0 Å². The Hall–Kier alpha value is -3.26. The van der Waals surface area contributed by atoms with Crippen molar-refractivity contribution in [1.29, 1.82) is 5.26 Å². The number of nitrogens with zero attached hydrogens (tertiary/aromatic N) is 2. The zero-order valence-electron chi connectivity index (χ0n) is 18.5. The minimum atomic E-state index is -0.427. The highest BCUT2D eigenvalue weighted by molar-refractivity contribution is 6.06. The highest BCUT2D eigenvalue weighted by atomic mass is 16.1. The molecule has 0 aliphatic carbocycles. The molecule has 158 valence electrons. The van der Waals surface area contributed by atoms with Gasteiger partial charge in [-0.2, -0.15) is 5.26 Å². The van der Waals surface area contributed by atoms with Gasteiger partial charge in [-0.05, 0) is 75.1 Å². The lowest BCUT2D eigenvalue weighted by Crippen LogP contribution is -2.21. The zero-order valence-corrected chi connectivity index (χ0v) is 18.5. The topological polar surface area (TPSA) is 68.2 Å². The van der Waals surface area contributed by atoms with Gasteiger partial charge in [0.2, 0.25) is 0 Å². The average Bonchev–Trinajstić information content (AvgIpc) is 2.75. The van der Waals surface area contributed by atoms with E-state index in [0.717, 1.165) is 49.3 Å². The van der Waals surface area contributed by atoms with Crippen LogP contribution < -0.4 is 15.5 Å². The monoisotopic (exact) mass is 404 g/mol. The van der Waals surface area contributed by atoms with Crippen molar-refractivity contribution in [2.24, 2.45) is 0 Å². The van der Waals surface area contributed by atoms with Crippen molar-refractivity contribution < 1.29 is 4.79 Å². The molecule has 0 bridgehead atoms. The van der Waals surface area contributed by atoms with Gasteiger partial charge in [0, 0.05) is 36.4 Å². The van der Waals surface area contributed by atoms with Gasteiger partial charge in [-0.1, -0.05) is 25.5 Å². The molecule has 0 aliphatic rings. The Morgan fingerprint density at radius 3 is 2.37 bits per heavy atom. The number of amides is 1. The van der Waals surface area contributed by atoms with Gasteiger partial charge >= 0.3 is 0 Å². The molecule has 2 aromatic rings. The lowest BCUT2D eigenvalue weighted by atomic mass is 10.1. The molecule has 0 atom stereocenters. The first-order valence-electron chi connectivity index (χ1n) is 10.6. The first kappa shape index (κ1) is 23.0. The van der Waals surface area contributed by atoms with Crippen molar-refractivity contribution in [1.82, 2.24) is 0 Å². The van der Waals surface area contributed by atoms with E-state index in [2.05, 4.69) is 42.4 Å². The largest absolute Gasteiger partial charge is 0.372 e. The molecule has 0 aromatic heterocycles. The van der Waals surface area contributed by atoms with Crippen molar-refractivity contribution in [2.75, 3.05) is 28.6 Å². The lowest BCUT2D eigenvalue weighted by Gasteiger charge is -2.22. The maximum absolute atomic E-state index is 12.5. The van der Waals surface area contributed by atoms with Crippen molar-refractivity contribution in [3.8, 4) is 6.07 Å². The van der Waals surface area contributed by atoms with Crippen LogP contribution in [-0.4, -0.2) is 19.0 Å². The molecule has 0 aliphatic heterocycles. The van der Waals surface area contributed by atoms with E-state index < -0.39 is 5.91 Å². The highest BCUT2D eigenvalue weighted by Gasteiger charge is 2.10. The van der Waals surface area contributed by atoms with Crippen LogP contribution in [0.25, 0.3) is 0 Å². The smallest absolute Gasteiger partial charge is 0.267 e. The molecule has 1 amide bonds. The van der Waals surface area contributed by atoms with Crippen LogP contribution in [-0.2, 0) is 11.2 Å². The second kappa shape index (κ2) is 11.7. The maximum atomic E-state index is 12.5. The number of hydrogen-bond donors (Lipinski definition) is 2. The summed E-state index contributed by atoms with van der Waals surface area (Å²) in [5.41, 5.74) is 5.03. The average molecular weight is 405 g/mol. The summed E-state index contributed by atoms with van der Waals surface area (Å²) in [6.07, 6.45) is 4.79. The van der Waals surface area contributed by atoms with Gasteiger partial charge in [-0.15, -0.1) is 0 Å². The van der Waals surface area contributed by atoms with Crippen molar-refractivity contribution in [2.45, 2.75) is 47.0 Å². The Balaban J connectivity index is 2.04. The minimum absolute atomic E-state index is 0.0253. The number of unbranched alkanes of at least 4 members (excludes halogenated alkanes) is 1. The fourth-order valence-corrected chi connectivity index (χ4v) is 3.23. The molecule has 30 heavy (non-hydrogen) atoms. The van der Waals surface area contributed by atoms with E-state index in [0.29, 0.717) is 5.69 Å². The molecule has 0 unspecified atom stereocenters. The van der Waals surface area contributed by atoms with Crippen LogP contribution in [0.4, 0.5) is 17.1 Å². The van der Waals surface area contributed by atoms with Crippen molar-refractivity contribution in [3.05, 3.63) is 65.4 Å². The predicted octanol–water partition coefficient (Wildman–Crippen LogP) is 5.64. The van der Waals surface area contributed by atoms with Crippen LogP contribution in [0.15, 0.2) is 54.2 Å². The maximum Gasteiger partial charge on any atom is 0.267 e. The number of carbonyl (C=O) groups excluding carboxylic acids is 1. The van der Waals surface area contributed by atoms with E-state index in [1.54, 1.807) is 0 Å². The van der Waals surface area contributed by atoms with Gasteiger partial charge in [0.05, 0.1) is 0 Å². The zero-order chi connectivity index (χ0) is 21.9. The Labute approximate surface area is 180 Å². The Morgan fingerprint density at radius 1 is 1.10 bits per heavy atom. The van der Waals surface area contributed by atoms with Crippen LogP contribution in [0.1, 0.15) is 44.7 Å². The van der Waals surface area contributed by atoms with Crippen molar-refractivity contribution >= 4 is 23.0 Å². The van der Waals surface area contributed by atoms with E-state index in [1.807, 2.05) is 49.4 Å². The number of nitrogens with one attached hydrogen (secondary N) is 2. The molecule has 0 radical (unpaired) electrons. The second-order valence-electron chi connectivity index (χ2n) is 7.24. The minimum Gasteiger partial charge on any atom is -0.372 e. The fraction of sp³-hybridized carbons (Fsp3) is 0.360. The molecule has 0 heterocycles. The standard InChI is InChI=1S/C25H32N4O/c1-5-8-9-20-10-12-22(13-11-20)28-25(30)21(17-26)18-27-24-15-14-23(16-19(24)4)29(6-2)7-3/h10-16,18,27H,5-9H2,1-4H3,(H,28,30)/b21-18-. The molecule has 5 heteroatoms. The van der Waals surface area contributed by atoms with Gasteiger partial charge in [0.1, 0.15) is 11.6 Å². The SMILES string of the molecule is CCCCc1ccc(NC(=O)/C(C#N)=C\Nc2ccc(N(CC)CC)cc2C)cc1. The third kappa shape index (κ3) is 6.38.